The standard InChI is InChI=1S/C13H16N2O3S2/c16-9-11-2-1-3-12(8-11)10-20(17,18)15-5-4-13-14-6-7-19-13/h1-3,6-8,15-16H,4-5,9-10H2. The largest absolute Gasteiger partial charge is 0.392 e. The van der Waals surface area contributed by atoms with Gasteiger partial charge in [-0.15, -0.1) is 11.3 Å². The zero-order valence-corrected chi connectivity index (χ0v) is 12.5. The van der Waals surface area contributed by atoms with E-state index in [0.29, 0.717) is 24.1 Å². The molecule has 0 unspecified atom stereocenters. The van der Waals surface area contributed by atoms with Gasteiger partial charge in [-0.05, 0) is 11.1 Å². The maximum Gasteiger partial charge on any atom is 0.215 e. The third-order valence-electron chi connectivity index (χ3n) is 2.67. The summed E-state index contributed by atoms with van der Waals surface area (Å²) in [5.74, 6) is -0.0846. The molecule has 1 aromatic carbocycles. The van der Waals surface area contributed by atoms with Crippen LogP contribution in [0.4, 0.5) is 0 Å². The van der Waals surface area contributed by atoms with Crippen molar-refractivity contribution in [1.82, 2.24) is 9.71 Å². The van der Waals surface area contributed by atoms with Crippen molar-refractivity contribution in [3.63, 3.8) is 0 Å². The Morgan fingerprint density at radius 2 is 2.10 bits per heavy atom. The van der Waals surface area contributed by atoms with E-state index in [2.05, 4.69) is 9.71 Å². The Morgan fingerprint density at radius 3 is 2.80 bits per heavy atom. The average molecular weight is 312 g/mol. The fourth-order valence-corrected chi connectivity index (χ4v) is 3.53. The van der Waals surface area contributed by atoms with Gasteiger partial charge < -0.3 is 5.11 Å². The number of nitrogens with one attached hydrogen (secondary N) is 1. The first-order valence-electron chi connectivity index (χ1n) is 6.13. The summed E-state index contributed by atoms with van der Waals surface area (Å²) in [6.07, 6.45) is 2.29. The minimum absolute atomic E-state index is 0.0846. The molecule has 0 atom stereocenters. The van der Waals surface area contributed by atoms with Gasteiger partial charge >= 0.3 is 0 Å². The van der Waals surface area contributed by atoms with Crippen molar-refractivity contribution in [3.05, 3.63) is 52.0 Å². The third kappa shape index (κ3) is 4.68. The Bertz CT molecular complexity index is 639. The average Bonchev–Trinajstić information content (AvgIpc) is 2.91. The molecule has 7 heteroatoms. The molecule has 0 aliphatic rings. The SMILES string of the molecule is O=S(=O)(Cc1cccc(CO)c1)NCCc1nccs1. The first-order chi connectivity index (χ1) is 9.59. The van der Waals surface area contributed by atoms with Crippen molar-refractivity contribution in [1.29, 1.82) is 0 Å². The van der Waals surface area contributed by atoms with Crippen LogP contribution in [0.5, 0.6) is 0 Å². The predicted octanol–water partition coefficient (Wildman–Crippen LogP) is 1.30. The van der Waals surface area contributed by atoms with E-state index in [1.807, 2.05) is 5.38 Å². The smallest absolute Gasteiger partial charge is 0.215 e. The van der Waals surface area contributed by atoms with E-state index < -0.39 is 10.0 Å². The highest BCUT2D eigenvalue weighted by Crippen LogP contribution is 2.09. The molecule has 0 bridgehead atoms. The topological polar surface area (TPSA) is 79.3 Å². The summed E-state index contributed by atoms with van der Waals surface area (Å²) in [5.41, 5.74) is 1.37. The van der Waals surface area contributed by atoms with Gasteiger partial charge in [0.15, 0.2) is 0 Å². The van der Waals surface area contributed by atoms with Crippen molar-refractivity contribution >= 4 is 21.4 Å². The van der Waals surface area contributed by atoms with Gasteiger partial charge in [0.25, 0.3) is 0 Å². The van der Waals surface area contributed by atoms with Crippen LogP contribution in [0.3, 0.4) is 0 Å². The first-order valence-corrected chi connectivity index (χ1v) is 8.66. The fraction of sp³-hybridized carbons (Fsp3) is 0.308. The van der Waals surface area contributed by atoms with Crippen LogP contribution in [0.2, 0.25) is 0 Å². The van der Waals surface area contributed by atoms with Gasteiger partial charge in [-0.25, -0.2) is 18.1 Å². The van der Waals surface area contributed by atoms with Crippen LogP contribution in [-0.4, -0.2) is 25.1 Å². The van der Waals surface area contributed by atoms with E-state index in [0.717, 1.165) is 5.01 Å². The molecule has 0 fully saturated rings. The monoisotopic (exact) mass is 312 g/mol. The highest BCUT2D eigenvalue weighted by Gasteiger charge is 2.11. The van der Waals surface area contributed by atoms with E-state index in [1.54, 1.807) is 30.5 Å². The lowest BCUT2D eigenvalue weighted by Gasteiger charge is -2.07. The van der Waals surface area contributed by atoms with Gasteiger partial charge in [-0.2, -0.15) is 0 Å². The minimum atomic E-state index is -3.37. The van der Waals surface area contributed by atoms with Crippen LogP contribution in [0.25, 0.3) is 0 Å². The van der Waals surface area contributed by atoms with Gasteiger partial charge in [0.1, 0.15) is 0 Å². The summed E-state index contributed by atoms with van der Waals surface area (Å²) < 4.78 is 26.4. The molecular formula is C13H16N2O3S2. The Labute approximate surface area is 122 Å². The second-order valence-corrected chi connectivity index (χ2v) is 7.09. The highest BCUT2D eigenvalue weighted by molar-refractivity contribution is 7.88. The number of sulfonamides is 1. The summed E-state index contributed by atoms with van der Waals surface area (Å²) in [6, 6.07) is 6.93. The number of nitrogens with zero attached hydrogens (tertiary/aromatic N) is 1. The Kier molecular flexibility index (Phi) is 5.24. The fourth-order valence-electron chi connectivity index (χ4n) is 1.78. The first kappa shape index (κ1) is 15.1. The number of aromatic nitrogens is 1. The maximum atomic E-state index is 11.9. The van der Waals surface area contributed by atoms with E-state index in [9.17, 15) is 8.42 Å². The molecule has 0 aliphatic carbocycles. The normalized spacial score (nSPS) is 11.7. The summed E-state index contributed by atoms with van der Waals surface area (Å²) in [6.45, 7) is 0.251. The highest BCUT2D eigenvalue weighted by atomic mass is 32.2. The van der Waals surface area contributed by atoms with Crippen LogP contribution >= 0.6 is 11.3 Å². The number of rotatable bonds is 7. The summed E-state index contributed by atoms with van der Waals surface area (Å²) in [4.78, 5) is 4.10. The Balaban J connectivity index is 1.89. The summed E-state index contributed by atoms with van der Waals surface area (Å²) >= 11 is 1.51. The molecule has 0 radical (unpaired) electrons. The van der Waals surface area contributed by atoms with Crippen molar-refractivity contribution in [3.8, 4) is 0 Å². The zero-order chi connectivity index (χ0) is 14.4. The van der Waals surface area contributed by atoms with Crippen LogP contribution in [-0.2, 0) is 28.8 Å². The van der Waals surface area contributed by atoms with E-state index in [4.69, 9.17) is 5.11 Å². The molecule has 5 nitrogen and oxygen atoms in total. The molecule has 2 aromatic rings. The number of aliphatic hydroxyl groups is 1. The second kappa shape index (κ2) is 6.94. The van der Waals surface area contributed by atoms with Gasteiger partial charge in [0.2, 0.25) is 10.0 Å². The number of hydrogen-bond donors (Lipinski definition) is 2. The van der Waals surface area contributed by atoms with Crippen molar-refractivity contribution in [2.75, 3.05) is 6.54 Å². The molecule has 1 heterocycles. The van der Waals surface area contributed by atoms with Crippen molar-refractivity contribution in [2.24, 2.45) is 0 Å². The minimum Gasteiger partial charge on any atom is -0.392 e. The molecule has 0 saturated carbocycles. The van der Waals surface area contributed by atoms with Crippen molar-refractivity contribution in [2.45, 2.75) is 18.8 Å². The van der Waals surface area contributed by atoms with Crippen LogP contribution in [0.1, 0.15) is 16.1 Å². The number of thiazole rings is 1. The molecular weight excluding hydrogens is 296 g/mol. The summed E-state index contributed by atoms with van der Waals surface area (Å²) in [5, 5.41) is 11.8. The van der Waals surface area contributed by atoms with Gasteiger partial charge in [-0.1, -0.05) is 24.3 Å². The predicted molar refractivity (Wildman–Crippen MR) is 78.8 cm³/mol. The van der Waals surface area contributed by atoms with Crippen molar-refractivity contribution < 1.29 is 13.5 Å². The van der Waals surface area contributed by atoms with E-state index in [-0.39, 0.29) is 12.4 Å². The Hall–Kier alpha value is -1.28. The van der Waals surface area contributed by atoms with Crippen LogP contribution in [0, 0.1) is 0 Å². The summed E-state index contributed by atoms with van der Waals surface area (Å²) in [7, 11) is -3.37. The third-order valence-corrected chi connectivity index (χ3v) is 4.87. The van der Waals surface area contributed by atoms with Gasteiger partial charge in [-0.3, -0.25) is 0 Å². The van der Waals surface area contributed by atoms with Crippen LogP contribution in [0.15, 0.2) is 35.8 Å². The lowest BCUT2D eigenvalue weighted by Crippen LogP contribution is -2.27. The number of benzene rings is 1. The van der Waals surface area contributed by atoms with E-state index in [1.165, 1.54) is 11.3 Å². The molecule has 0 aliphatic heterocycles. The molecule has 1 aromatic heterocycles. The van der Waals surface area contributed by atoms with Gasteiger partial charge in [0.05, 0.1) is 17.4 Å². The maximum absolute atomic E-state index is 11.9. The molecule has 0 spiro atoms. The molecule has 2 N–H and O–H groups in total. The van der Waals surface area contributed by atoms with Crippen LogP contribution < -0.4 is 4.72 Å². The lowest BCUT2D eigenvalue weighted by atomic mass is 10.1. The van der Waals surface area contributed by atoms with Gasteiger partial charge in [0, 0.05) is 24.5 Å². The number of aliphatic hydroxyl groups excluding tert-OH is 1. The molecule has 108 valence electrons. The molecule has 0 amide bonds. The number of hydrogen-bond acceptors (Lipinski definition) is 5. The molecule has 0 saturated heterocycles. The molecule has 20 heavy (non-hydrogen) atoms. The second-order valence-electron chi connectivity index (χ2n) is 4.31. The van der Waals surface area contributed by atoms with E-state index >= 15 is 0 Å². The Morgan fingerprint density at radius 1 is 1.30 bits per heavy atom. The molecule has 2 rings (SSSR count). The lowest BCUT2D eigenvalue weighted by molar-refractivity contribution is 0.282. The quantitative estimate of drug-likeness (QED) is 0.807. The zero-order valence-electron chi connectivity index (χ0n) is 10.8.